The van der Waals surface area contributed by atoms with Gasteiger partial charge < -0.3 is 15.2 Å². The molecule has 0 heterocycles. The molecule has 6 heteroatoms. The van der Waals surface area contributed by atoms with Crippen LogP contribution in [0.2, 0.25) is 0 Å². The maximum Gasteiger partial charge on any atom is 0.326 e. The molecule has 0 rings (SSSR count). The highest BCUT2D eigenvalue weighted by Crippen LogP contribution is 2.02. The molecule has 0 aromatic carbocycles. The highest BCUT2D eigenvalue weighted by Gasteiger charge is 2.19. The molecule has 0 aliphatic rings. The van der Waals surface area contributed by atoms with Gasteiger partial charge in [0.25, 0.3) is 5.91 Å². The molecule has 0 aliphatic heterocycles. The Hall–Kier alpha value is -1.85. The van der Waals surface area contributed by atoms with Crippen molar-refractivity contribution in [2.75, 3.05) is 6.61 Å². The Morgan fingerprint density at radius 2 is 1.94 bits per heavy atom. The number of amides is 1. The first-order valence-electron chi connectivity index (χ1n) is 4.63. The second-order valence-corrected chi connectivity index (χ2v) is 3.40. The minimum Gasteiger partial charge on any atom is -0.480 e. The van der Waals surface area contributed by atoms with Gasteiger partial charge in [0.05, 0.1) is 0 Å². The van der Waals surface area contributed by atoms with Crippen molar-refractivity contribution < 1.29 is 24.2 Å². The molecular weight excluding hydrogens is 214 g/mol. The summed E-state index contributed by atoms with van der Waals surface area (Å²) in [5.41, 5.74) is 0.639. The first-order valence-corrected chi connectivity index (χ1v) is 4.63. The lowest BCUT2D eigenvalue weighted by molar-refractivity contribution is -0.148. The predicted molar refractivity (Wildman–Crippen MR) is 55.6 cm³/mol. The lowest BCUT2D eigenvalue weighted by Gasteiger charge is -2.14. The van der Waals surface area contributed by atoms with E-state index in [-0.39, 0.29) is 6.42 Å². The van der Waals surface area contributed by atoms with E-state index in [9.17, 15) is 14.4 Å². The Morgan fingerprint density at radius 3 is 2.31 bits per heavy atom. The minimum atomic E-state index is -1.15. The van der Waals surface area contributed by atoms with E-state index in [0.717, 1.165) is 6.92 Å². The summed E-state index contributed by atoms with van der Waals surface area (Å²) >= 11 is 0. The SMILES string of the molecule is C=C(C)C[C@@H](NC(=O)COC(C)=O)C(=O)O. The molecule has 0 fully saturated rings. The highest BCUT2D eigenvalue weighted by molar-refractivity contribution is 5.85. The van der Waals surface area contributed by atoms with Crippen LogP contribution < -0.4 is 5.32 Å². The molecule has 0 bridgehead atoms. The summed E-state index contributed by atoms with van der Waals surface area (Å²) in [6.07, 6.45) is 0.140. The largest absolute Gasteiger partial charge is 0.480 e. The topological polar surface area (TPSA) is 92.7 Å². The Labute approximate surface area is 93.3 Å². The van der Waals surface area contributed by atoms with Gasteiger partial charge in [-0.2, -0.15) is 0 Å². The molecular formula is C10H15NO5. The Bertz CT molecular complexity index is 310. The van der Waals surface area contributed by atoms with Crippen LogP contribution in [0, 0.1) is 0 Å². The van der Waals surface area contributed by atoms with Gasteiger partial charge in [-0.3, -0.25) is 9.59 Å². The molecule has 0 saturated carbocycles. The van der Waals surface area contributed by atoms with Crippen LogP contribution in [0.15, 0.2) is 12.2 Å². The van der Waals surface area contributed by atoms with Gasteiger partial charge in [0, 0.05) is 6.92 Å². The van der Waals surface area contributed by atoms with Gasteiger partial charge in [-0.1, -0.05) is 5.57 Å². The standard InChI is InChI=1S/C10H15NO5/c1-6(2)4-8(10(14)15)11-9(13)5-16-7(3)12/h8H,1,4-5H2,2-3H3,(H,11,13)(H,14,15)/t8-/m1/s1. The number of carbonyl (C=O) groups excluding carboxylic acids is 2. The van der Waals surface area contributed by atoms with E-state index < -0.39 is 30.5 Å². The zero-order valence-electron chi connectivity index (χ0n) is 9.28. The van der Waals surface area contributed by atoms with Gasteiger partial charge in [-0.25, -0.2) is 4.79 Å². The summed E-state index contributed by atoms with van der Waals surface area (Å²) in [5, 5.41) is 11.0. The third kappa shape index (κ3) is 6.58. The van der Waals surface area contributed by atoms with Crippen molar-refractivity contribution in [2.24, 2.45) is 0 Å². The van der Waals surface area contributed by atoms with E-state index in [1.54, 1.807) is 6.92 Å². The van der Waals surface area contributed by atoms with E-state index in [4.69, 9.17) is 5.11 Å². The number of carboxylic acids is 1. The van der Waals surface area contributed by atoms with Crippen molar-refractivity contribution in [3.63, 3.8) is 0 Å². The first-order chi connectivity index (χ1) is 7.32. The number of ether oxygens (including phenoxy) is 1. The van der Waals surface area contributed by atoms with Crippen LogP contribution in [0.25, 0.3) is 0 Å². The summed E-state index contributed by atoms with van der Waals surface area (Å²) in [5.74, 6) is -2.40. The number of hydrogen-bond acceptors (Lipinski definition) is 4. The minimum absolute atomic E-state index is 0.140. The highest BCUT2D eigenvalue weighted by atomic mass is 16.5. The average molecular weight is 229 g/mol. The van der Waals surface area contributed by atoms with Crippen LogP contribution >= 0.6 is 0 Å². The second-order valence-electron chi connectivity index (χ2n) is 3.40. The van der Waals surface area contributed by atoms with Crippen molar-refractivity contribution in [1.82, 2.24) is 5.32 Å². The number of rotatable bonds is 6. The maximum absolute atomic E-state index is 11.2. The summed E-state index contributed by atoms with van der Waals surface area (Å²) in [6.45, 7) is 5.91. The van der Waals surface area contributed by atoms with Crippen molar-refractivity contribution in [2.45, 2.75) is 26.3 Å². The Kier molecular flexibility index (Phi) is 5.84. The molecule has 2 N–H and O–H groups in total. The van der Waals surface area contributed by atoms with Gasteiger partial charge >= 0.3 is 11.9 Å². The second kappa shape index (κ2) is 6.60. The molecule has 1 atom stereocenters. The molecule has 0 aliphatic carbocycles. The van der Waals surface area contributed by atoms with Crippen LogP contribution in [-0.2, 0) is 19.1 Å². The number of hydrogen-bond donors (Lipinski definition) is 2. The fourth-order valence-corrected chi connectivity index (χ4v) is 0.952. The molecule has 0 spiro atoms. The third-order valence-corrected chi connectivity index (χ3v) is 1.59. The summed E-state index contributed by atoms with van der Waals surface area (Å²) in [6, 6.07) is -1.04. The van der Waals surface area contributed by atoms with Gasteiger partial charge in [-0.05, 0) is 13.3 Å². The van der Waals surface area contributed by atoms with Crippen molar-refractivity contribution >= 4 is 17.8 Å². The van der Waals surface area contributed by atoms with Crippen LogP contribution in [0.4, 0.5) is 0 Å². The fourth-order valence-electron chi connectivity index (χ4n) is 0.952. The van der Waals surface area contributed by atoms with E-state index in [1.165, 1.54) is 0 Å². The molecule has 0 aromatic heterocycles. The molecule has 90 valence electrons. The predicted octanol–water partition coefficient (Wildman–Crippen LogP) is 0.0851. The molecule has 0 unspecified atom stereocenters. The maximum atomic E-state index is 11.2. The number of nitrogens with one attached hydrogen (secondary N) is 1. The number of carboxylic acid groups (broad SMARTS) is 1. The summed E-state index contributed by atoms with van der Waals surface area (Å²) < 4.78 is 4.42. The zero-order chi connectivity index (χ0) is 12.7. The summed E-state index contributed by atoms with van der Waals surface area (Å²) in [7, 11) is 0. The van der Waals surface area contributed by atoms with Crippen molar-refractivity contribution in [1.29, 1.82) is 0 Å². The van der Waals surface area contributed by atoms with Crippen LogP contribution in [-0.4, -0.2) is 35.6 Å². The molecule has 0 aromatic rings. The Balaban J connectivity index is 4.18. The zero-order valence-corrected chi connectivity index (χ0v) is 9.28. The quantitative estimate of drug-likeness (QED) is 0.497. The van der Waals surface area contributed by atoms with E-state index in [2.05, 4.69) is 16.6 Å². The van der Waals surface area contributed by atoms with Crippen molar-refractivity contribution in [3.8, 4) is 0 Å². The van der Waals surface area contributed by atoms with Crippen LogP contribution in [0.3, 0.4) is 0 Å². The van der Waals surface area contributed by atoms with Gasteiger partial charge in [0.2, 0.25) is 0 Å². The first kappa shape index (κ1) is 14.2. The monoisotopic (exact) mass is 229 g/mol. The van der Waals surface area contributed by atoms with Gasteiger partial charge in [0.15, 0.2) is 6.61 Å². The van der Waals surface area contributed by atoms with Gasteiger partial charge in [0.1, 0.15) is 6.04 Å². The van der Waals surface area contributed by atoms with Crippen LogP contribution in [0.5, 0.6) is 0 Å². The molecule has 6 nitrogen and oxygen atoms in total. The van der Waals surface area contributed by atoms with E-state index in [1.807, 2.05) is 0 Å². The smallest absolute Gasteiger partial charge is 0.326 e. The van der Waals surface area contributed by atoms with Crippen LogP contribution in [0.1, 0.15) is 20.3 Å². The third-order valence-electron chi connectivity index (χ3n) is 1.59. The van der Waals surface area contributed by atoms with E-state index >= 15 is 0 Å². The molecule has 1 amide bonds. The number of carbonyl (C=O) groups is 3. The molecule has 16 heavy (non-hydrogen) atoms. The molecule has 0 saturated heterocycles. The van der Waals surface area contributed by atoms with Crippen molar-refractivity contribution in [3.05, 3.63) is 12.2 Å². The van der Waals surface area contributed by atoms with Gasteiger partial charge in [-0.15, -0.1) is 6.58 Å². The number of aliphatic carboxylic acids is 1. The number of esters is 1. The normalized spacial score (nSPS) is 11.4. The fraction of sp³-hybridized carbons (Fsp3) is 0.500. The Morgan fingerprint density at radius 1 is 1.38 bits per heavy atom. The molecule has 0 radical (unpaired) electrons. The summed E-state index contributed by atoms with van der Waals surface area (Å²) in [4.78, 5) is 32.3. The van der Waals surface area contributed by atoms with E-state index in [0.29, 0.717) is 5.57 Å². The lowest BCUT2D eigenvalue weighted by Crippen LogP contribution is -2.42. The lowest BCUT2D eigenvalue weighted by atomic mass is 10.1. The average Bonchev–Trinajstić information content (AvgIpc) is 2.12.